The van der Waals surface area contributed by atoms with Crippen LogP contribution in [0.5, 0.6) is 0 Å². The maximum atomic E-state index is 14.0. The van der Waals surface area contributed by atoms with Crippen LogP contribution in [0.2, 0.25) is 0 Å². The minimum atomic E-state index is -1.03. The molecule has 44 heavy (non-hydrogen) atoms. The minimum Gasteiger partial charge on any atom is -0.440 e. The van der Waals surface area contributed by atoms with E-state index in [1.165, 1.54) is 71.7 Å². The summed E-state index contributed by atoms with van der Waals surface area (Å²) < 4.78 is 12.0. The largest absolute Gasteiger partial charge is 0.440 e. The van der Waals surface area contributed by atoms with Crippen molar-refractivity contribution in [1.29, 1.82) is 0 Å². The Hall–Kier alpha value is -3.79. The van der Waals surface area contributed by atoms with E-state index >= 15 is 0 Å². The van der Waals surface area contributed by atoms with Gasteiger partial charge in [0.15, 0.2) is 5.60 Å². The van der Waals surface area contributed by atoms with Gasteiger partial charge >= 0.3 is 5.97 Å². The molecule has 0 saturated carbocycles. The number of hydrogen-bond acceptors (Lipinski definition) is 2. The van der Waals surface area contributed by atoms with Gasteiger partial charge in [-0.05, 0) is 43.9 Å². The van der Waals surface area contributed by atoms with Crippen LogP contribution in [0, 0.1) is 0 Å². The Morgan fingerprint density at radius 2 is 1.07 bits per heavy atom. The van der Waals surface area contributed by atoms with Crippen molar-refractivity contribution < 1.29 is 9.53 Å². The number of fused-ring (bicyclic) bond motifs is 3. The number of esters is 1. The van der Waals surface area contributed by atoms with Gasteiger partial charge in [0.1, 0.15) is 0 Å². The van der Waals surface area contributed by atoms with E-state index in [-0.39, 0.29) is 5.97 Å². The zero-order valence-corrected chi connectivity index (χ0v) is 27.1. The number of hydrogen-bond donors (Lipinski definition) is 0. The normalized spacial score (nSPS) is 14.0. The first-order valence-corrected chi connectivity index (χ1v) is 17.2. The summed E-state index contributed by atoms with van der Waals surface area (Å²) in [6.45, 7) is 11.0. The van der Waals surface area contributed by atoms with E-state index in [9.17, 15) is 4.79 Å². The molecule has 0 radical (unpaired) electrons. The lowest BCUT2D eigenvalue weighted by molar-refractivity contribution is 0.0254. The Morgan fingerprint density at radius 1 is 0.591 bits per heavy atom. The summed E-state index contributed by atoms with van der Waals surface area (Å²) in [5.41, 5.74) is 7.92. The Labute approximate surface area is 263 Å². The fraction of sp³-hybridized carbons (Fsp3) is 0.425. The number of aryl methyl sites for hydroxylation is 2. The molecule has 0 saturated heterocycles. The number of cyclic esters (lactones) is 1. The third kappa shape index (κ3) is 4.87. The predicted molar refractivity (Wildman–Crippen MR) is 183 cm³/mol. The van der Waals surface area contributed by atoms with Crippen LogP contribution in [0.4, 0.5) is 0 Å². The molecule has 3 heterocycles. The Bertz CT molecular complexity index is 1670. The van der Waals surface area contributed by atoms with E-state index in [4.69, 9.17) is 4.74 Å². The number of aromatic nitrogens is 2. The molecular weight excluding hydrogens is 540 g/mol. The standard InChI is InChI=1S/C40H48N2O2/c1-5-9-11-19-27-41-33(7-3)37(30-22-14-17-25-35(30)41)40(32-24-16-13-21-29(32)39(43)44-40)38-31-23-15-18-26-36(31)42(34(38)8-4)28-20-12-10-6-2/h13-18,21-26H,5-12,19-20,27-28H2,1-4H3. The molecule has 3 aromatic carbocycles. The third-order valence-electron chi connectivity index (χ3n) is 9.77. The van der Waals surface area contributed by atoms with Gasteiger partial charge in [-0.15, -0.1) is 0 Å². The van der Waals surface area contributed by atoms with Crippen molar-refractivity contribution in [1.82, 2.24) is 9.13 Å². The van der Waals surface area contributed by atoms with Crippen molar-refractivity contribution in [3.63, 3.8) is 0 Å². The van der Waals surface area contributed by atoms with Gasteiger partial charge in [-0.3, -0.25) is 0 Å². The molecule has 1 aliphatic rings. The molecule has 4 nitrogen and oxygen atoms in total. The summed E-state index contributed by atoms with van der Waals surface area (Å²) in [6, 6.07) is 25.7. The molecule has 230 valence electrons. The summed E-state index contributed by atoms with van der Waals surface area (Å²) in [4.78, 5) is 14.0. The molecule has 0 atom stereocenters. The van der Waals surface area contributed by atoms with E-state index in [2.05, 4.69) is 97.5 Å². The van der Waals surface area contributed by atoms with Gasteiger partial charge in [0.05, 0.1) is 5.56 Å². The molecule has 5 aromatic rings. The predicted octanol–water partition coefficient (Wildman–Crippen LogP) is 10.3. The van der Waals surface area contributed by atoms with Crippen molar-refractivity contribution in [3.8, 4) is 0 Å². The van der Waals surface area contributed by atoms with Gasteiger partial charge in [-0.25, -0.2) is 4.79 Å². The number of carbonyl (C=O) groups is 1. The van der Waals surface area contributed by atoms with Crippen molar-refractivity contribution >= 4 is 27.8 Å². The lowest BCUT2D eigenvalue weighted by Crippen LogP contribution is -2.32. The van der Waals surface area contributed by atoms with Crippen LogP contribution >= 0.6 is 0 Å². The van der Waals surface area contributed by atoms with Gasteiger partial charge in [-0.1, -0.05) is 121 Å². The number of ether oxygens (including phenoxy) is 1. The molecule has 0 aliphatic carbocycles. The second kappa shape index (κ2) is 13.1. The summed E-state index contributed by atoms with van der Waals surface area (Å²) in [5, 5.41) is 2.37. The van der Waals surface area contributed by atoms with Crippen molar-refractivity contribution in [2.75, 3.05) is 0 Å². The fourth-order valence-corrected chi connectivity index (χ4v) is 7.85. The minimum absolute atomic E-state index is 0.232. The summed E-state index contributed by atoms with van der Waals surface area (Å²) >= 11 is 0. The van der Waals surface area contributed by atoms with Crippen LogP contribution in [-0.4, -0.2) is 15.1 Å². The SMILES string of the molecule is CCCCCCn1c(CC)c(C2(c3c(CC)n(CCCCCC)c4ccccc34)OC(=O)c3ccccc32)c2ccccc21. The average Bonchev–Trinajstić information content (AvgIpc) is 3.67. The van der Waals surface area contributed by atoms with Gasteiger partial charge in [0.25, 0.3) is 0 Å². The van der Waals surface area contributed by atoms with Crippen LogP contribution in [0.25, 0.3) is 21.8 Å². The Kier molecular flexibility index (Phi) is 8.98. The highest BCUT2D eigenvalue weighted by molar-refractivity contribution is 6.01. The summed E-state index contributed by atoms with van der Waals surface area (Å²) in [5.74, 6) is -0.232. The molecule has 0 bridgehead atoms. The van der Waals surface area contributed by atoms with Crippen LogP contribution in [0.3, 0.4) is 0 Å². The summed E-state index contributed by atoms with van der Waals surface area (Å²) in [7, 11) is 0. The highest BCUT2D eigenvalue weighted by Crippen LogP contribution is 2.54. The molecule has 0 N–H and O–H groups in total. The first-order chi connectivity index (χ1) is 21.6. The number of carbonyl (C=O) groups excluding carboxylic acids is 1. The molecule has 6 rings (SSSR count). The van der Waals surface area contributed by atoms with E-state index in [1.54, 1.807) is 0 Å². The van der Waals surface area contributed by atoms with E-state index < -0.39 is 5.60 Å². The maximum Gasteiger partial charge on any atom is 0.340 e. The Morgan fingerprint density at radius 3 is 1.57 bits per heavy atom. The Balaban J connectivity index is 1.70. The van der Waals surface area contributed by atoms with Gasteiger partial charge in [0, 0.05) is 63.0 Å². The first-order valence-electron chi connectivity index (χ1n) is 17.2. The van der Waals surface area contributed by atoms with Crippen molar-refractivity contribution in [2.24, 2.45) is 0 Å². The van der Waals surface area contributed by atoms with Crippen LogP contribution < -0.4 is 0 Å². The third-order valence-corrected chi connectivity index (χ3v) is 9.77. The van der Waals surface area contributed by atoms with Crippen molar-refractivity contribution in [2.45, 2.75) is 111 Å². The topological polar surface area (TPSA) is 36.2 Å². The quantitative estimate of drug-likeness (QED) is 0.0956. The van der Waals surface area contributed by atoms with E-state index in [0.29, 0.717) is 5.56 Å². The molecule has 0 fully saturated rings. The van der Waals surface area contributed by atoms with Gasteiger partial charge in [0.2, 0.25) is 0 Å². The number of rotatable bonds is 14. The van der Waals surface area contributed by atoms with Gasteiger partial charge in [-0.2, -0.15) is 0 Å². The monoisotopic (exact) mass is 588 g/mol. The zero-order valence-electron chi connectivity index (χ0n) is 27.1. The molecule has 2 aromatic heterocycles. The number of benzene rings is 3. The zero-order chi connectivity index (χ0) is 30.7. The fourth-order valence-electron chi connectivity index (χ4n) is 7.85. The average molecular weight is 589 g/mol. The molecule has 0 amide bonds. The lowest BCUT2D eigenvalue weighted by Gasteiger charge is -2.32. The second-order valence-corrected chi connectivity index (χ2v) is 12.4. The second-order valence-electron chi connectivity index (χ2n) is 12.4. The van der Waals surface area contributed by atoms with Crippen LogP contribution in [-0.2, 0) is 36.3 Å². The van der Waals surface area contributed by atoms with E-state index in [0.717, 1.165) is 55.5 Å². The smallest absolute Gasteiger partial charge is 0.340 e. The van der Waals surface area contributed by atoms with Gasteiger partial charge < -0.3 is 13.9 Å². The number of para-hydroxylation sites is 2. The highest BCUT2D eigenvalue weighted by Gasteiger charge is 2.53. The summed E-state index contributed by atoms with van der Waals surface area (Å²) in [6.07, 6.45) is 11.4. The van der Waals surface area contributed by atoms with Crippen molar-refractivity contribution in [3.05, 3.63) is 106 Å². The molecular formula is C40H48N2O2. The maximum absolute atomic E-state index is 14.0. The first kappa shape index (κ1) is 30.2. The van der Waals surface area contributed by atoms with Crippen LogP contribution in [0.1, 0.15) is 117 Å². The van der Waals surface area contributed by atoms with Crippen LogP contribution in [0.15, 0.2) is 72.8 Å². The number of nitrogens with zero attached hydrogens (tertiary/aromatic N) is 2. The molecule has 1 aliphatic heterocycles. The highest BCUT2D eigenvalue weighted by atomic mass is 16.6. The molecule has 4 heteroatoms. The molecule has 0 unspecified atom stereocenters. The van der Waals surface area contributed by atoms with E-state index in [1.807, 2.05) is 12.1 Å². The molecule has 0 spiro atoms. The lowest BCUT2D eigenvalue weighted by atomic mass is 9.76. The number of unbranched alkanes of at least 4 members (excludes halogenated alkanes) is 6.